The van der Waals surface area contributed by atoms with Gasteiger partial charge in [0, 0.05) is 31.5 Å². The molecule has 2 N–H and O–H groups in total. The number of carbonyl (C=O) groups excluding carboxylic acids is 2. The van der Waals surface area contributed by atoms with Crippen molar-refractivity contribution in [2.45, 2.75) is 26.2 Å². The lowest BCUT2D eigenvalue weighted by Gasteiger charge is -2.07. The minimum atomic E-state index is -0.117. The normalized spacial score (nSPS) is 10.7. The number of aromatic nitrogens is 4. The predicted octanol–water partition coefficient (Wildman–Crippen LogP) is 1.37. The molecule has 26 heavy (non-hydrogen) atoms. The van der Waals surface area contributed by atoms with Gasteiger partial charge in [0.1, 0.15) is 6.33 Å². The molecule has 0 saturated heterocycles. The van der Waals surface area contributed by atoms with E-state index in [1.54, 1.807) is 22.8 Å². The van der Waals surface area contributed by atoms with Crippen LogP contribution in [0.3, 0.4) is 0 Å². The molecule has 3 aromatic rings. The van der Waals surface area contributed by atoms with Gasteiger partial charge in [-0.2, -0.15) is 10.1 Å². The number of carbonyl (C=O) groups is 2. The molecular formula is C18H20N6O2. The summed E-state index contributed by atoms with van der Waals surface area (Å²) >= 11 is 0. The molecule has 8 nitrogen and oxygen atoms in total. The number of amides is 2. The predicted molar refractivity (Wildman–Crippen MR) is 96.6 cm³/mol. The van der Waals surface area contributed by atoms with E-state index in [-0.39, 0.29) is 11.8 Å². The Kier molecular flexibility index (Phi) is 5.52. The first-order chi connectivity index (χ1) is 12.6. The van der Waals surface area contributed by atoms with Crippen molar-refractivity contribution in [2.75, 3.05) is 11.9 Å². The van der Waals surface area contributed by atoms with Gasteiger partial charge in [-0.05, 0) is 36.1 Å². The fourth-order valence-corrected chi connectivity index (χ4v) is 2.56. The molecule has 0 unspecified atom stereocenters. The van der Waals surface area contributed by atoms with Crippen LogP contribution in [0.5, 0.6) is 0 Å². The second kappa shape index (κ2) is 8.19. The first kappa shape index (κ1) is 17.5. The molecule has 0 spiro atoms. The molecule has 1 aromatic carbocycles. The topological polar surface area (TPSA) is 101 Å². The van der Waals surface area contributed by atoms with Crippen LogP contribution in [0.1, 0.15) is 24.5 Å². The summed E-state index contributed by atoms with van der Waals surface area (Å²) < 4.78 is 1.64. The maximum absolute atomic E-state index is 12.0. The molecule has 0 fully saturated rings. The molecule has 0 saturated carbocycles. The zero-order valence-electron chi connectivity index (χ0n) is 14.5. The summed E-state index contributed by atoms with van der Waals surface area (Å²) in [7, 11) is 0. The van der Waals surface area contributed by atoms with Crippen molar-refractivity contribution in [3.8, 4) is 0 Å². The van der Waals surface area contributed by atoms with Gasteiger partial charge in [-0.1, -0.05) is 12.1 Å². The molecule has 2 amide bonds. The third kappa shape index (κ3) is 4.85. The zero-order valence-corrected chi connectivity index (χ0v) is 14.5. The Morgan fingerprint density at radius 2 is 1.92 bits per heavy atom. The lowest BCUT2D eigenvalue weighted by atomic mass is 10.1. The minimum Gasteiger partial charge on any atom is -0.356 e. The monoisotopic (exact) mass is 352 g/mol. The van der Waals surface area contributed by atoms with E-state index in [2.05, 4.69) is 25.7 Å². The van der Waals surface area contributed by atoms with Crippen molar-refractivity contribution in [2.24, 2.45) is 0 Å². The summed E-state index contributed by atoms with van der Waals surface area (Å²) in [5, 5.41) is 9.67. The van der Waals surface area contributed by atoms with Crippen LogP contribution in [-0.4, -0.2) is 37.9 Å². The van der Waals surface area contributed by atoms with Gasteiger partial charge in [0.15, 0.2) is 0 Å². The number of hydrogen-bond acceptors (Lipinski definition) is 5. The molecule has 0 bridgehead atoms. The van der Waals surface area contributed by atoms with Crippen LogP contribution in [0.2, 0.25) is 0 Å². The number of rotatable bonds is 7. The number of benzene rings is 1. The van der Waals surface area contributed by atoms with Crippen molar-refractivity contribution < 1.29 is 9.59 Å². The van der Waals surface area contributed by atoms with E-state index >= 15 is 0 Å². The first-order valence-corrected chi connectivity index (χ1v) is 8.37. The number of aryl methyl sites for hydroxylation is 1. The third-order valence-corrected chi connectivity index (χ3v) is 3.79. The fraction of sp³-hybridized carbons (Fsp3) is 0.278. The molecule has 0 radical (unpaired) electrons. The van der Waals surface area contributed by atoms with E-state index in [1.165, 1.54) is 13.3 Å². The van der Waals surface area contributed by atoms with Crippen molar-refractivity contribution in [1.82, 2.24) is 24.9 Å². The van der Waals surface area contributed by atoms with Gasteiger partial charge in [-0.3, -0.25) is 9.59 Å². The number of anilines is 1. The highest BCUT2D eigenvalue weighted by molar-refractivity contribution is 5.88. The fourth-order valence-electron chi connectivity index (χ4n) is 2.56. The molecule has 0 aliphatic carbocycles. The number of hydrogen-bond donors (Lipinski definition) is 2. The van der Waals surface area contributed by atoms with E-state index in [0.717, 1.165) is 29.7 Å². The molecule has 8 heteroatoms. The average molecular weight is 352 g/mol. The molecule has 0 aliphatic heterocycles. The molecule has 134 valence electrons. The maximum Gasteiger partial charge on any atom is 0.252 e. The van der Waals surface area contributed by atoms with Crippen LogP contribution in [0, 0.1) is 0 Å². The van der Waals surface area contributed by atoms with Gasteiger partial charge < -0.3 is 10.6 Å². The molecule has 0 atom stereocenters. The van der Waals surface area contributed by atoms with E-state index in [0.29, 0.717) is 18.7 Å². The van der Waals surface area contributed by atoms with Crippen LogP contribution >= 0.6 is 0 Å². The van der Waals surface area contributed by atoms with Crippen LogP contribution in [0.15, 0.2) is 43.0 Å². The van der Waals surface area contributed by atoms with Crippen molar-refractivity contribution >= 4 is 23.3 Å². The van der Waals surface area contributed by atoms with Crippen molar-refractivity contribution in [1.29, 1.82) is 0 Å². The highest BCUT2D eigenvalue weighted by Gasteiger charge is 2.04. The van der Waals surface area contributed by atoms with Gasteiger partial charge in [0.05, 0.1) is 6.42 Å². The van der Waals surface area contributed by atoms with Crippen molar-refractivity contribution in [3.05, 3.63) is 54.1 Å². The Morgan fingerprint density at radius 1 is 1.12 bits per heavy atom. The molecule has 2 aromatic heterocycles. The van der Waals surface area contributed by atoms with E-state index in [9.17, 15) is 9.59 Å². The Morgan fingerprint density at radius 3 is 2.69 bits per heavy atom. The highest BCUT2D eigenvalue weighted by atomic mass is 16.2. The van der Waals surface area contributed by atoms with Crippen LogP contribution in [0.4, 0.5) is 5.69 Å². The molecular weight excluding hydrogens is 332 g/mol. The quantitative estimate of drug-likeness (QED) is 0.626. The van der Waals surface area contributed by atoms with E-state index in [1.807, 2.05) is 18.3 Å². The van der Waals surface area contributed by atoms with Gasteiger partial charge in [-0.25, -0.2) is 9.50 Å². The molecule has 2 heterocycles. The van der Waals surface area contributed by atoms with Gasteiger partial charge in [0.25, 0.3) is 5.78 Å². The second-order valence-corrected chi connectivity index (χ2v) is 5.98. The summed E-state index contributed by atoms with van der Waals surface area (Å²) in [4.78, 5) is 31.2. The van der Waals surface area contributed by atoms with Crippen LogP contribution < -0.4 is 10.6 Å². The standard InChI is InChI=1S/C18H20N6O2/c1-13(25)23-16-6-4-14(5-7-16)9-17(26)19-8-2-3-15-10-20-18-21-12-22-24(18)11-15/h4-7,10-12H,2-3,8-9H2,1H3,(H,19,26)(H,23,25). The Bertz CT molecular complexity index is 903. The summed E-state index contributed by atoms with van der Waals surface area (Å²) in [6.07, 6.45) is 7.07. The average Bonchev–Trinajstić information content (AvgIpc) is 3.08. The Labute approximate surface area is 150 Å². The zero-order chi connectivity index (χ0) is 18.4. The summed E-state index contributed by atoms with van der Waals surface area (Å²) in [6, 6.07) is 7.25. The van der Waals surface area contributed by atoms with E-state index < -0.39 is 0 Å². The smallest absolute Gasteiger partial charge is 0.252 e. The lowest BCUT2D eigenvalue weighted by molar-refractivity contribution is -0.120. The lowest BCUT2D eigenvalue weighted by Crippen LogP contribution is -2.26. The third-order valence-electron chi connectivity index (χ3n) is 3.79. The van der Waals surface area contributed by atoms with E-state index in [4.69, 9.17) is 0 Å². The molecule has 3 rings (SSSR count). The number of fused-ring (bicyclic) bond motifs is 1. The van der Waals surface area contributed by atoms with Crippen LogP contribution in [0.25, 0.3) is 5.78 Å². The maximum atomic E-state index is 12.0. The second-order valence-electron chi connectivity index (χ2n) is 5.98. The summed E-state index contributed by atoms with van der Waals surface area (Å²) in [6.45, 7) is 2.06. The summed E-state index contributed by atoms with van der Waals surface area (Å²) in [5.41, 5.74) is 2.67. The number of nitrogens with zero attached hydrogens (tertiary/aromatic N) is 4. The Hall–Kier alpha value is -3.29. The van der Waals surface area contributed by atoms with Crippen LogP contribution in [-0.2, 0) is 22.4 Å². The van der Waals surface area contributed by atoms with Gasteiger partial charge >= 0.3 is 0 Å². The highest BCUT2D eigenvalue weighted by Crippen LogP contribution is 2.10. The number of nitrogens with one attached hydrogen (secondary N) is 2. The SMILES string of the molecule is CC(=O)Nc1ccc(CC(=O)NCCCc2cnc3ncnn3c2)cc1. The first-order valence-electron chi connectivity index (χ1n) is 8.37. The minimum absolute atomic E-state index is 0.0258. The van der Waals surface area contributed by atoms with Gasteiger partial charge in [0.2, 0.25) is 11.8 Å². The Balaban J connectivity index is 1.40. The largest absolute Gasteiger partial charge is 0.356 e. The van der Waals surface area contributed by atoms with Crippen molar-refractivity contribution in [3.63, 3.8) is 0 Å². The summed E-state index contributed by atoms with van der Waals surface area (Å²) in [5.74, 6) is 0.433. The molecule has 0 aliphatic rings. The van der Waals surface area contributed by atoms with Gasteiger partial charge in [-0.15, -0.1) is 0 Å².